The number of ether oxygens (including phenoxy) is 1. The Bertz CT molecular complexity index is 1060. The zero-order valence-corrected chi connectivity index (χ0v) is 20.3. The average molecular weight is 477 g/mol. The Labute approximate surface area is 206 Å². The molecule has 0 aromatic heterocycles. The van der Waals surface area contributed by atoms with Gasteiger partial charge in [0, 0.05) is 25.4 Å². The Morgan fingerprint density at radius 1 is 0.886 bits per heavy atom. The van der Waals surface area contributed by atoms with Crippen molar-refractivity contribution in [3.8, 4) is 5.75 Å². The fraction of sp³-hybridized carbons (Fsp3) is 0.310. The molecule has 184 valence electrons. The van der Waals surface area contributed by atoms with E-state index in [1.54, 1.807) is 17.0 Å². The number of nitrogens with zero attached hydrogens (tertiary/aromatic N) is 1. The van der Waals surface area contributed by atoms with E-state index in [4.69, 9.17) is 4.74 Å². The molecule has 0 bridgehead atoms. The molecule has 6 heteroatoms. The van der Waals surface area contributed by atoms with Gasteiger partial charge in [-0.15, -0.1) is 0 Å². The second-order valence-corrected chi connectivity index (χ2v) is 8.78. The topological polar surface area (TPSA) is 58.6 Å². The largest absolute Gasteiger partial charge is 0.494 e. The fourth-order valence-corrected chi connectivity index (χ4v) is 3.79. The first-order valence-electron chi connectivity index (χ1n) is 12.0. The molecule has 0 heterocycles. The van der Waals surface area contributed by atoms with Gasteiger partial charge in [-0.3, -0.25) is 9.59 Å². The van der Waals surface area contributed by atoms with Gasteiger partial charge in [0.15, 0.2) is 0 Å². The van der Waals surface area contributed by atoms with Crippen molar-refractivity contribution in [2.75, 3.05) is 6.61 Å². The maximum Gasteiger partial charge on any atom is 0.243 e. The van der Waals surface area contributed by atoms with Gasteiger partial charge in [0.1, 0.15) is 17.6 Å². The van der Waals surface area contributed by atoms with Crippen LogP contribution in [-0.2, 0) is 22.6 Å². The van der Waals surface area contributed by atoms with E-state index in [9.17, 15) is 14.0 Å². The number of hydrogen-bond acceptors (Lipinski definition) is 3. The van der Waals surface area contributed by atoms with Crippen LogP contribution in [0.25, 0.3) is 0 Å². The molecule has 0 aliphatic heterocycles. The molecule has 1 atom stereocenters. The summed E-state index contributed by atoms with van der Waals surface area (Å²) in [5, 5.41) is 2.96. The predicted molar refractivity (Wildman–Crippen MR) is 135 cm³/mol. The van der Waals surface area contributed by atoms with Gasteiger partial charge >= 0.3 is 0 Å². The van der Waals surface area contributed by atoms with Crippen LogP contribution in [0.3, 0.4) is 0 Å². The molecule has 2 amide bonds. The Balaban J connectivity index is 1.78. The molecule has 0 saturated carbocycles. The van der Waals surface area contributed by atoms with E-state index in [1.807, 2.05) is 74.5 Å². The summed E-state index contributed by atoms with van der Waals surface area (Å²) >= 11 is 0. The van der Waals surface area contributed by atoms with Gasteiger partial charge in [0.05, 0.1) is 6.61 Å². The van der Waals surface area contributed by atoms with E-state index < -0.39 is 6.04 Å². The lowest BCUT2D eigenvalue weighted by molar-refractivity contribution is -0.141. The Morgan fingerprint density at radius 3 is 2.14 bits per heavy atom. The molecule has 0 saturated heterocycles. The van der Waals surface area contributed by atoms with Crippen molar-refractivity contribution >= 4 is 11.8 Å². The van der Waals surface area contributed by atoms with Gasteiger partial charge in [0.2, 0.25) is 11.8 Å². The van der Waals surface area contributed by atoms with Crippen LogP contribution in [-0.4, -0.2) is 35.4 Å². The Hall–Kier alpha value is -3.67. The molecule has 35 heavy (non-hydrogen) atoms. The molecular formula is C29H33FN2O3. The summed E-state index contributed by atoms with van der Waals surface area (Å²) in [6.07, 6.45) is 1.12. The summed E-state index contributed by atoms with van der Waals surface area (Å²) < 4.78 is 19.2. The number of carbonyl (C=O) groups is 2. The van der Waals surface area contributed by atoms with Crippen LogP contribution in [0.4, 0.5) is 4.39 Å². The van der Waals surface area contributed by atoms with Crippen molar-refractivity contribution in [2.45, 2.75) is 51.7 Å². The van der Waals surface area contributed by atoms with E-state index >= 15 is 0 Å². The number of benzene rings is 3. The molecule has 3 aromatic carbocycles. The molecule has 0 radical (unpaired) electrons. The van der Waals surface area contributed by atoms with Crippen molar-refractivity contribution in [3.05, 3.63) is 102 Å². The van der Waals surface area contributed by atoms with Crippen molar-refractivity contribution in [3.63, 3.8) is 0 Å². The van der Waals surface area contributed by atoms with Crippen LogP contribution >= 0.6 is 0 Å². The van der Waals surface area contributed by atoms with Gasteiger partial charge in [-0.05, 0) is 55.7 Å². The number of nitrogens with one attached hydrogen (secondary N) is 1. The Kier molecular flexibility index (Phi) is 9.84. The number of halogens is 1. The van der Waals surface area contributed by atoms with Gasteiger partial charge in [-0.2, -0.15) is 0 Å². The molecule has 0 spiro atoms. The average Bonchev–Trinajstić information content (AvgIpc) is 2.86. The minimum Gasteiger partial charge on any atom is -0.494 e. The molecule has 0 aliphatic rings. The molecule has 0 aliphatic carbocycles. The van der Waals surface area contributed by atoms with Gasteiger partial charge in [0.25, 0.3) is 0 Å². The van der Waals surface area contributed by atoms with E-state index in [1.165, 1.54) is 12.1 Å². The lowest BCUT2D eigenvalue weighted by Crippen LogP contribution is -2.51. The summed E-state index contributed by atoms with van der Waals surface area (Å²) in [4.78, 5) is 28.3. The third kappa shape index (κ3) is 8.56. The predicted octanol–water partition coefficient (Wildman–Crippen LogP) is 5.15. The molecule has 3 aromatic rings. The van der Waals surface area contributed by atoms with Gasteiger partial charge in [-0.25, -0.2) is 4.39 Å². The van der Waals surface area contributed by atoms with Crippen molar-refractivity contribution < 1.29 is 18.7 Å². The first kappa shape index (κ1) is 25.9. The van der Waals surface area contributed by atoms with Crippen LogP contribution in [0.1, 0.15) is 37.8 Å². The highest BCUT2D eigenvalue weighted by Gasteiger charge is 2.30. The summed E-state index contributed by atoms with van der Waals surface area (Å²) in [5.74, 6) is 0.0510. The minimum absolute atomic E-state index is 0.0668. The number of carbonyl (C=O) groups excluding carboxylic acids is 2. The highest BCUT2D eigenvalue weighted by molar-refractivity contribution is 5.88. The normalized spacial score (nSPS) is 11.7. The maximum atomic E-state index is 13.5. The van der Waals surface area contributed by atoms with Crippen LogP contribution in [0, 0.1) is 5.82 Å². The number of hydrogen-bond donors (Lipinski definition) is 1. The number of rotatable bonds is 12. The number of para-hydroxylation sites is 1. The zero-order chi connectivity index (χ0) is 25.0. The SMILES string of the molecule is CC(C)NC(=O)[C@@H](Cc1ccccc1)N(Cc1ccc(F)cc1)C(=O)CCCOc1ccccc1. The van der Waals surface area contributed by atoms with Gasteiger partial charge < -0.3 is 15.0 Å². The van der Waals surface area contributed by atoms with Crippen molar-refractivity contribution in [1.29, 1.82) is 0 Å². The van der Waals surface area contributed by atoms with Crippen LogP contribution in [0.15, 0.2) is 84.9 Å². The maximum absolute atomic E-state index is 13.5. The Morgan fingerprint density at radius 2 is 1.51 bits per heavy atom. The second kappa shape index (κ2) is 13.3. The lowest BCUT2D eigenvalue weighted by Gasteiger charge is -2.32. The molecule has 0 fully saturated rings. The van der Waals surface area contributed by atoms with Gasteiger partial charge in [-0.1, -0.05) is 60.7 Å². The molecular weight excluding hydrogens is 443 g/mol. The van der Waals surface area contributed by atoms with E-state index in [0.717, 1.165) is 16.9 Å². The second-order valence-electron chi connectivity index (χ2n) is 8.78. The summed E-state index contributed by atoms with van der Waals surface area (Å²) in [5.41, 5.74) is 1.72. The van der Waals surface area contributed by atoms with Crippen LogP contribution < -0.4 is 10.1 Å². The number of amides is 2. The van der Waals surface area contributed by atoms with E-state index in [0.29, 0.717) is 19.4 Å². The van der Waals surface area contributed by atoms with Crippen LogP contribution in [0.5, 0.6) is 5.75 Å². The highest BCUT2D eigenvalue weighted by atomic mass is 19.1. The molecule has 5 nitrogen and oxygen atoms in total. The third-order valence-corrected chi connectivity index (χ3v) is 5.52. The first-order chi connectivity index (χ1) is 16.9. The van der Waals surface area contributed by atoms with Crippen molar-refractivity contribution in [1.82, 2.24) is 10.2 Å². The summed E-state index contributed by atoms with van der Waals surface area (Å²) in [7, 11) is 0. The summed E-state index contributed by atoms with van der Waals surface area (Å²) in [6, 6.07) is 24.4. The third-order valence-electron chi connectivity index (χ3n) is 5.52. The van der Waals surface area contributed by atoms with Crippen molar-refractivity contribution in [2.24, 2.45) is 0 Å². The summed E-state index contributed by atoms with van der Waals surface area (Å²) in [6.45, 7) is 4.39. The smallest absolute Gasteiger partial charge is 0.243 e. The standard InChI is InChI=1S/C29H33FN2O3/c1-22(2)31-29(34)27(20-23-10-5-3-6-11-23)32(21-24-15-17-25(30)18-16-24)28(33)14-9-19-35-26-12-7-4-8-13-26/h3-8,10-13,15-18,22,27H,9,14,19-21H2,1-2H3,(H,31,34)/t27-/m1/s1. The zero-order valence-electron chi connectivity index (χ0n) is 20.3. The minimum atomic E-state index is -0.701. The van der Waals surface area contributed by atoms with E-state index in [-0.39, 0.29) is 36.6 Å². The molecule has 3 rings (SSSR count). The quantitative estimate of drug-likeness (QED) is 0.368. The molecule has 0 unspecified atom stereocenters. The van der Waals surface area contributed by atoms with Crippen LogP contribution in [0.2, 0.25) is 0 Å². The monoisotopic (exact) mass is 476 g/mol. The van der Waals surface area contributed by atoms with E-state index in [2.05, 4.69) is 5.32 Å². The highest BCUT2D eigenvalue weighted by Crippen LogP contribution is 2.17. The lowest BCUT2D eigenvalue weighted by atomic mass is 10.0. The fourth-order valence-electron chi connectivity index (χ4n) is 3.79. The molecule has 1 N–H and O–H groups in total. The first-order valence-corrected chi connectivity index (χ1v) is 12.0.